The summed E-state index contributed by atoms with van der Waals surface area (Å²) in [5.41, 5.74) is -0.423. The van der Waals surface area contributed by atoms with Crippen LogP contribution in [0.3, 0.4) is 0 Å². The zero-order valence-corrected chi connectivity index (χ0v) is 9.99. The molecule has 0 aliphatic heterocycles. The molecule has 19 heavy (non-hydrogen) atoms. The van der Waals surface area contributed by atoms with Crippen LogP contribution in [0, 0.1) is 21.4 Å². The Morgan fingerprint density at radius 1 is 1.63 bits per heavy atom. The fraction of sp³-hybridized carbons (Fsp3) is 0.167. The molecule has 0 heterocycles. The van der Waals surface area contributed by atoms with Gasteiger partial charge in [0, 0.05) is 11.6 Å². The van der Waals surface area contributed by atoms with Gasteiger partial charge in [-0.05, 0) is 6.07 Å². The number of carbonyl (C=O) groups is 1. The molecule has 0 aliphatic rings. The number of esters is 1. The summed E-state index contributed by atoms with van der Waals surface area (Å²) in [6, 6.07) is 4.03. The summed E-state index contributed by atoms with van der Waals surface area (Å²) in [6.07, 6.45) is 2.66. The van der Waals surface area contributed by atoms with Gasteiger partial charge in [-0.15, -0.1) is 0 Å². The normalized spacial score (nSPS) is 10.1. The molecule has 0 fully saturated rings. The Balaban J connectivity index is 3.13. The van der Waals surface area contributed by atoms with Crippen LogP contribution >= 0.6 is 0 Å². The van der Waals surface area contributed by atoms with Crippen molar-refractivity contribution in [2.75, 3.05) is 7.11 Å². The largest absolute Gasteiger partial charge is 0.502 e. The summed E-state index contributed by atoms with van der Waals surface area (Å²) in [5, 5.41) is 29.1. The molecule has 1 rings (SSSR count). The van der Waals surface area contributed by atoms with Gasteiger partial charge in [-0.3, -0.25) is 14.9 Å². The van der Waals surface area contributed by atoms with Gasteiger partial charge >= 0.3 is 11.7 Å². The van der Waals surface area contributed by atoms with Gasteiger partial charge in [0.15, 0.2) is 0 Å². The summed E-state index contributed by atoms with van der Waals surface area (Å²) in [7, 11) is 1.23. The highest BCUT2D eigenvalue weighted by Crippen LogP contribution is 2.32. The number of methoxy groups -OCH3 is 1. The number of phenolic OH excluding ortho intramolecular Hbond substituents is 1. The van der Waals surface area contributed by atoms with E-state index < -0.39 is 22.3 Å². The van der Waals surface area contributed by atoms with Gasteiger partial charge in [-0.2, -0.15) is 5.26 Å². The van der Waals surface area contributed by atoms with Crippen LogP contribution in [0.2, 0.25) is 0 Å². The van der Waals surface area contributed by atoms with Gasteiger partial charge in [0.05, 0.1) is 30.1 Å². The Hall–Kier alpha value is -2.88. The molecule has 1 aromatic carbocycles. The highest BCUT2D eigenvalue weighted by Gasteiger charge is 2.17. The maximum atomic E-state index is 10.9. The van der Waals surface area contributed by atoms with Gasteiger partial charge < -0.3 is 9.84 Å². The van der Waals surface area contributed by atoms with Crippen LogP contribution in [0.1, 0.15) is 17.5 Å². The highest BCUT2D eigenvalue weighted by molar-refractivity contribution is 5.74. The monoisotopic (exact) mass is 262 g/mol. The van der Waals surface area contributed by atoms with E-state index in [1.54, 1.807) is 6.07 Å². The fourth-order valence-electron chi connectivity index (χ4n) is 1.34. The summed E-state index contributed by atoms with van der Waals surface area (Å²) in [6.45, 7) is 0. The summed E-state index contributed by atoms with van der Waals surface area (Å²) >= 11 is 0. The van der Waals surface area contributed by atoms with E-state index >= 15 is 0 Å². The summed E-state index contributed by atoms with van der Waals surface area (Å²) in [5.74, 6) is -1.04. The Morgan fingerprint density at radius 2 is 2.32 bits per heavy atom. The molecule has 0 unspecified atom stereocenters. The van der Waals surface area contributed by atoms with Crippen molar-refractivity contribution < 1.29 is 19.6 Å². The van der Waals surface area contributed by atoms with Crippen molar-refractivity contribution in [3.05, 3.63) is 39.4 Å². The first-order valence-corrected chi connectivity index (χ1v) is 5.14. The van der Waals surface area contributed by atoms with E-state index in [1.165, 1.54) is 25.3 Å². The first kappa shape index (κ1) is 14.2. The number of benzene rings is 1. The van der Waals surface area contributed by atoms with Crippen molar-refractivity contribution in [3.8, 4) is 11.8 Å². The van der Waals surface area contributed by atoms with Crippen molar-refractivity contribution in [3.63, 3.8) is 0 Å². The van der Waals surface area contributed by atoms with E-state index in [4.69, 9.17) is 5.26 Å². The molecule has 7 nitrogen and oxygen atoms in total. The molecule has 0 radical (unpaired) electrons. The summed E-state index contributed by atoms with van der Waals surface area (Å²) in [4.78, 5) is 20.8. The molecule has 0 bridgehead atoms. The third-order valence-electron chi connectivity index (χ3n) is 2.25. The lowest BCUT2D eigenvalue weighted by Crippen LogP contribution is -1.96. The van der Waals surface area contributed by atoms with Gasteiger partial charge in [-0.25, -0.2) is 0 Å². The molecule has 0 amide bonds. The Labute approximate surface area is 108 Å². The number of nitro groups is 1. The van der Waals surface area contributed by atoms with Crippen LogP contribution in [0.25, 0.3) is 6.08 Å². The highest BCUT2D eigenvalue weighted by atomic mass is 16.6. The lowest BCUT2D eigenvalue weighted by atomic mass is 10.1. The Bertz CT molecular complexity index is 587. The number of phenols is 1. The number of nitriles is 1. The van der Waals surface area contributed by atoms with E-state index in [2.05, 4.69) is 4.74 Å². The lowest BCUT2D eigenvalue weighted by molar-refractivity contribution is -0.385. The van der Waals surface area contributed by atoms with Crippen LogP contribution in [-0.4, -0.2) is 23.1 Å². The van der Waals surface area contributed by atoms with Crippen molar-refractivity contribution in [2.24, 2.45) is 0 Å². The molecule has 7 heteroatoms. The predicted octanol–water partition coefficient (Wildman–Crippen LogP) is 1.75. The number of hydrogen-bond donors (Lipinski definition) is 1. The van der Waals surface area contributed by atoms with Crippen LogP contribution in [0.5, 0.6) is 5.75 Å². The second kappa shape index (κ2) is 6.16. The molecule has 0 aromatic heterocycles. The first-order chi connectivity index (χ1) is 8.99. The van der Waals surface area contributed by atoms with Crippen LogP contribution in [0.15, 0.2) is 18.2 Å². The van der Waals surface area contributed by atoms with Crippen molar-refractivity contribution >= 4 is 17.7 Å². The van der Waals surface area contributed by atoms with Crippen molar-refractivity contribution in [1.29, 1.82) is 5.26 Å². The topological polar surface area (TPSA) is 113 Å². The zero-order valence-electron chi connectivity index (χ0n) is 9.99. The van der Waals surface area contributed by atoms with Gasteiger partial charge in [0.25, 0.3) is 0 Å². The smallest absolute Gasteiger partial charge is 0.312 e. The van der Waals surface area contributed by atoms with E-state index in [9.17, 15) is 20.0 Å². The number of nitro benzene ring substituents is 1. The standard InChI is InChI=1S/C12H10N2O5/c1-19-11(15)4-2-3-9-5-8(7-13)6-10(12(9)16)14(17)18/h2-3,5-6,16H,4H2,1H3. The fourth-order valence-corrected chi connectivity index (χ4v) is 1.34. The number of hydrogen-bond acceptors (Lipinski definition) is 6. The van der Waals surface area contributed by atoms with Crippen LogP contribution in [0.4, 0.5) is 5.69 Å². The van der Waals surface area contributed by atoms with E-state index in [-0.39, 0.29) is 17.5 Å². The number of ether oxygens (including phenoxy) is 1. The molecule has 0 aliphatic carbocycles. The molecular formula is C12H10N2O5. The molecule has 1 N–H and O–H groups in total. The molecule has 0 saturated heterocycles. The van der Waals surface area contributed by atoms with E-state index in [0.717, 1.165) is 6.07 Å². The maximum absolute atomic E-state index is 10.9. The molecule has 0 saturated carbocycles. The Morgan fingerprint density at radius 3 is 2.84 bits per heavy atom. The molecule has 1 aromatic rings. The third-order valence-corrected chi connectivity index (χ3v) is 2.25. The maximum Gasteiger partial charge on any atom is 0.312 e. The van der Waals surface area contributed by atoms with Crippen LogP contribution < -0.4 is 0 Å². The SMILES string of the molecule is COC(=O)CC=Cc1cc(C#N)cc([N+](=O)[O-])c1O. The average Bonchev–Trinajstić information content (AvgIpc) is 2.39. The van der Waals surface area contributed by atoms with Crippen molar-refractivity contribution in [2.45, 2.75) is 6.42 Å². The molecule has 0 atom stereocenters. The number of aromatic hydroxyl groups is 1. The van der Waals surface area contributed by atoms with Gasteiger partial charge in [-0.1, -0.05) is 12.2 Å². The first-order valence-electron chi connectivity index (χ1n) is 5.14. The second-order valence-electron chi connectivity index (χ2n) is 3.48. The van der Waals surface area contributed by atoms with E-state index in [1.807, 2.05) is 0 Å². The van der Waals surface area contributed by atoms with Gasteiger partial charge in [0.1, 0.15) is 0 Å². The quantitative estimate of drug-likeness (QED) is 0.502. The molecular weight excluding hydrogens is 252 g/mol. The molecule has 98 valence electrons. The minimum Gasteiger partial charge on any atom is -0.502 e. The van der Waals surface area contributed by atoms with E-state index in [0.29, 0.717) is 0 Å². The Kier molecular flexibility index (Phi) is 4.60. The minimum atomic E-state index is -0.784. The number of rotatable bonds is 4. The second-order valence-corrected chi connectivity index (χ2v) is 3.48. The molecule has 0 spiro atoms. The van der Waals surface area contributed by atoms with Crippen LogP contribution in [-0.2, 0) is 9.53 Å². The number of nitrogens with zero attached hydrogens (tertiary/aromatic N) is 2. The van der Waals surface area contributed by atoms with Gasteiger partial charge in [0.2, 0.25) is 5.75 Å². The minimum absolute atomic E-state index is 0.0412. The zero-order chi connectivity index (χ0) is 14.4. The predicted molar refractivity (Wildman–Crippen MR) is 65.1 cm³/mol. The third kappa shape index (κ3) is 3.54. The average molecular weight is 262 g/mol. The number of carbonyl (C=O) groups excluding carboxylic acids is 1. The van der Waals surface area contributed by atoms with Crippen molar-refractivity contribution in [1.82, 2.24) is 0 Å². The lowest BCUT2D eigenvalue weighted by Gasteiger charge is -2.01. The summed E-state index contributed by atoms with van der Waals surface area (Å²) < 4.78 is 4.41.